The summed E-state index contributed by atoms with van der Waals surface area (Å²) in [5.74, 6) is -36.9. The maximum Gasteiger partial charge on any atom is 0.393 e. The Balaban J connectivity index is 6.24. The predicted molar refractivity (Wildman–Crippen MR) is 46.1 cm³/mol. The normalized spacial score (nSPS) is 17.6. The molecule has 0 aliphatic heterocycles. The van der Waals surface area contributed by atoms with Crippen LogP contribution in [0.25, 0.3) is 0 Å². The second-order valence-electron chi connectivity index (χ2n) is 4.03. The van der Waals surface area contributed by atoms with Crippen molar-refractivity contribution in [1.82, 2.24) is 0 Å². The van der Waals surface area contributed by atoms with Crippen molar-refractivity contribution in [2.24, 2.45) is 0 Å². The highest BCUT2D eigenvalue weighted by molar-refractivity contribution is 6.22. The third-order valence-electron chi connectivity index (χ3n) is 2.46. The zero-order valence-electron chi connectivity index (χ0n) is 9.87. The van der Waals surface area contributed by atoms with Crippen LogP contribution in [0.5, 0.6) is 0 Å². The third kappa shape index (κ3) is 2.58. The van der Waals surface area contributed by atoms with E-state index in [1.54, 1.807) is 0 Å². The standard InChI is InChI=1S/C8H4ClF13/c1-2(10)3(11,12)4(13,14)5(15,16)6(17,18)7(19,20)8(9,21)22/h2H,1H3. The fourth-order valence-corrected chi connectivity index (χ4v) is 1.15. The molecule has 0 spiro atoms. The number of rotatable bonds is 6. The molecule has 1 unspecified atom stereocenters. The van der Waals surface area contributed by atoms with Crippen LogP contribution in [0.4, 0.5) is 57.1 Å². The van der Waals surface area contributed by atoms with Crippen LogP contribution in [0, 0.1) is 0 Å². The second kappa shape index (κ2) is 5.20. The molecule has 0 saturated heterocycles. The lowest BCUT2D eigenvalue weighted by atomic mass is 9.92. The second-order valence-corrected chi connectivity index (χ2v) is 4.51. The molecule has 0 aliphatic carbocycles. The van der Waals surface area contributed by atoms with Crippen molar-refractivity contribution in [3.8, 4) is 0 Å². The van der Waals surface area contributed by atoms with Gasteiger partial charge in [-0.2, -0.15) is 52.7 Å². The van der Waals surface area contributed by atoms with Crippen LogP contribution < -0.4 is 0 Å². The van der Waals surface area contributed by atoms with Crippen molar-refractivity contribution in [3.63, 3.8) is 0 Å². The summed E-state index contributed by atoms with van der Waals surface area (Å²) in [5, 5.41) is -6.49. The molecular formula is C8H4ClF13. The van der Waals surface area contributed by atoms with E-state index in [9.17, 15) is 57.1 Å². The fraction of sp³-hybridized carbons (Fsp3) is 1.00. The Labute approximate surface area is 118 Å². The molecule has 0 fully saturated rings. The lowest BCUT2D eigenvalue weighted by molar-refractivity contribution is -0.421. The minimum absolute atomic E-state index is 0.462. The molecule has 22 heavy (non-hydrogen) atoms. The van der Waals surface area contributed by atoms with E-state index < -0.39 is 48.1 Å². The van der Waals surface area contributed by atoms with Gasteiger partial charge in [0.1, 0.15) is 0 Å². The summed E-state index contributed by atoms with van der Waals surface area (Å²) in [4.78, 5) is 0. The third-order valence-corrected chi connectivity index (χ3v) is 2.69. The first kappa shape index (κ1) is 21.4. The summed E-state index contributed by atoms with van der Waals surface area (Å²) in [5.41, 5.74) is 0. The molecule has 0 N–H and O–H groups in total. The van der Waals surface area contributed by atoms with Gasteiger partial charge in [-0.1, -0.05) is 0 Å². The van der Waals surface area contributed by atoms with Gasteiger partial charge in [0, 0.05) is 0 Å². The lowest BCUT2D eigenvalue weighted by Gasteiger charge is -2.40. The summed E-state index contributed by atoms with van der Waals surface area (Å²) >= 11 is 3.44. The minimum Gasteiger partial charge on any atom is -0.241 e. The molecule has 0 aromatic carbocycles. The van der Waals surface area contributed by atoms with Crippen molar-refractivity contribution in [1.29, 1.82) is 0 Å². The van der Waals surface area contributed by atoms with Gasteiger partial charge in [-0.3, -0.25) is 0 Å². The van der Waals surface area contributed by atoms with Crippen LogP contribution in [0.2, 0.25) is 0 Å². The Morgan fingerprint density at radius 3 is 1.09 bits per heavy atom. The van der Waals surface area contributed by atoms with E-state index in [1.807, 2.05) is 0 Å². The summed E-state index contributed by atoms with van der Waals surface area (Å²) in [6, 6.07) is 0. The van der Waals surface area contributed by atoms with E-state index in [-0.39, 0.29) is 0 Å². The van der Waals surface area contributed by atoms with Crippen molar-refractivity contribution >= 4 is 11.6 Å². The van der Waals surface area contributed by atoms with Gasteiger partial charge in [-0.25, -0.2) is 4.39 Å². The van der Waals surface area contributed by atoms with Crippen molar-refractivity contribution < 1.29 is 57.1 Å². The first-order valence-corrected chi connectivity index (χ1v) is 5.17. The molecule has 1 atom stereocenters. The molecule has 0 nitrogen and oxygen atoms in total. The van der Waals surface area contributed by atoms with E-state index in [0.717, 1.165) is 0 Å². The Bertz CT molecular complexity index is 407. The Morgan fingerprint density at radius 2 is 0.864 bits per heavy atom. The molecule has 0 aromatic heterocycles. The van der Waals surface area contributed by atoms with Crippen LogP contribution >= 0.6 is 11.6 Å². The summed E-state index contributed by atoms with van der Waals surface area (Å²) in [7, 11) is 0. The van der Waals surface area contributed by atoms with Crippen LogP contribution in [0.1, 0.15) is 6.92 Å². The SMILES string of the molecule is CC(F)C(F)(F)C(F)(F)C(F)(F)C(F)(F)C(F)(F)C(F)(F)Cl. The zero-order valence-corrected chi connectivity index (χ0v) is 10.6. The van der Waals surface area contributed by atoms with Gasteiger partial charge < -0.3 is 0 Å². The Kier molecular flexibility index (Phi) is 5.05. The van der Waals surface area contributed by atoms with Crippen LogP contribution in [0.15, 0.2) is 0 Å². The summed E-state index contributed by atoms with van der Waals surface area (Å²) < 4.78 is 164. The predicted octanol–water partition coefficient (Wildman–Crippen LogP) is 5.35. The van der Waals surface area contributed by atoms with E-state index in [1.165, 1.54) is 0 Å². The smallest absolute Gasteiger partial charge is 0.241 e. The maximum absolute atomic E-state index is 12.8. The zero-order chi connectivity index (χ0) is 18.6. The molecule has 14 heteroatoms. The van der Waals surface area contributed by atoms with Crippen LogP contribution in [0.3, 0.4) is 0 Å². The van der Waals surface area contributed by atoms with Gasteiger partial charge in [0.2, 0.25) is 0 Å². The Hall–Kier alpha value is -0.620. The lowest BCUT2D eigenvalue weighted by Crippen LogP contribution is -2.71. The molecular weight excluding hydrogens is 379 g/mol. The van der Waals surface area contributed by atoms with E-state index in [4.69, 9.17) is 0 Å². The Morgan fingerprint density at radius 1 is 0.591 bits per heavy atom. The summed E-state index contributed by atoms with van der Waals surface area (Å²) in [6.07, 6.45) is -4.20. The minimum atomic E-state index is -7.77. The van der Waals surface area contributed by atoms with Gasteiger partial charge in [0.25, 0.3) is 0 Å². The van der Waals surface area contributed by atoms with Gasteiger partial charge in [0.15, 0.2) is 6.17 Å². The highest BCUT2D eigenvalue weighted by Crippen LogP contribution is 2.61. The molecule has 0 bridgehead atoms. The van der Waals surface area contributed by atoms with Gasteiger partial charge in [-0.15, -0.1) is 0 Å². The topological polar surface area (TPSA) is 0 Å². The highest BCUT2D eigenvalue weighted by atomic mass is 35.5. The van der Waals surface area contributed by atoms with E-state index >= 15 is 0 Å². The molecule has 0 heterocycles. The molecule has 0 amide bonds. The van der Waals surface area contributed by atoms with Gasteiger partial charge in [-0.05, 0) is 18.5 Å². The molecule has 0 radical (unpaired) electrons. The largest absolute Gasteiger partial charge is 0.393 e. The fourth-order valence-electron chi connectivity index (χ4n) is 1.03. The summed E-state index contributed by atoms with van der Waals surface area (Å²) in [6.45, 7) is -0.462. The number of halogens is 14. The molecule has 0 saturated carbocycles. The molecule has 0 aromatic rings. The van der Waals surface area contributed by atoms with E-state index in [0.29, 0.717) is 0 Å². The van der Waals surface area contributed by atoms with Crippen LogP contribution in [-0.2, 0) is 0 Å². The number of hydrogen-bond donors (Lipinski definition) is 0. The average molecular weight is 383 g/mol. The molecule has 134 valence electrons. The van der Waals surface area contributed by atoms with Gasteiger partial charge >= 0.3 is 35.0 Å². The van der Waals surface area contributed by atoms with Crippen LogP contribution in [-0.4, -0.2) is 41.2 Å². The quantitative estimate of drug-likeness (QED) is 0.429. The van der Waals surface area contributed by atoms with E-state index in [2.05, 4.69) is 11.6 Å². The van der Waals surface area contributed by atoms with Crippen molar-refractivity contribution in [3.05, 3.63) is 0 Å². The van der Waals surface area contributed by atoms with Crippen molar-refractivity contribution in [2.45, 2.75) is 48.1 Å². The van der Waals surface area contributed by atoms with Gasteiger partial charge in [0.05, 0.1) is 0 Å². The van der Waals surface area contributed by atoms with Crippen molar-refractivity contribution in [2.75, 3.05) is 0 Å². The highest BCUT2D eigenvalue weighted by Gasteiger charge is 2.90. The maximum atomic E-state index is 12.8. The molecule has 0 rings (SSSR count). The number of alkyl halides is 14. The monoisotopic (exact) mass is 382 g/mol. The number of hydrogen-bond acceptors (Lipinski definition) is 0. The molecule has 0 aliphatic rings. The first-order valence-electron chi connectivity index (χ1n) is 4.79. The first-order chi connectivity index (χ1) is 9.19. The average Bonchev–Trinajstić information content (AvgIpc) is 2.25.